The van der Waals surface area contributed by atoms with Crippen LogP contribution < -0.4 is 5.63 Å². The van der Waals surface area contributed by atoms with Gasteiger partial charge in [-0.25, -0.2) is 4.79 Å². The highest BCUT2D eigenvalue weighted by molar-refractivity contribution is 5.98. The third-order valence-corrected chi connectivity index (χ3v) is 2.67. The summed E-state index contributed by atoms with van der Waals surface area (Å²) >= 11 is 0. The number of aryl methyl sites for hydroxylation is 1. The number of hydrogen-bond donors (Lipinski definition) is 0. The normalized spacial score (nSPS) is 17.0. The van der Waals surface area contributed by atoms with Crippen LogP contribution in [-0.4, -0.2) is 0 Å². The first-order chi connectivity index (χ1) is 6.25. The standard InChI is InChI=1S/C11H8O2/c1-6-11-8-3-2-7(4-8)9(11)5-10(12)13-6/h2-3,5H,4H2,1H3. The molecule has 1 aromatic heterocycles. The lowest BCUT2D eigenvalue weighted by atomic mass is 10.0. The first-order valence-corrected chi connectivity index (χ1v) is 4.31. The van der Waals surface area contributed by atoms with Crippen LogP contribution in [0.1, 0.15) is 23.3 Å². The van der Waals surface area contributed by atoms with Crippen molar-refractivity contribution in [2.24, 2.45) is 0 Å². The molecule has 1 heterocycles. The molecule has 2 aliphatic carbocycles. The lowest BCUT2D eigenvalue weighted by Gasteiger charge is -2.04. The van der Waals surface area contributed by atoms with Crippen LogP contribution in [0.25, 0.3) is 11.1 Å². The maximum absolute atomic E-state index is 11.1. The summed E-state index contributed by atoms with van der Waals surface area (Å²) in [7, 11) is 0. The van der Waals surface area contributed by atoms with E-state index < -0.39 is 0 Å². The second-order valence-corrected chi connectivity index (χ2v) is 3.47. The highest BCUT2D eigenvalue weighted by atomic mass is 16.4. The Labute approximate surface area is 75.2 Å². The lowest BCUT2D eigenvalue weighted by Crippen LogP contribution is -2.02. The van der Waals surface area contributed by atoms with Crippen molar-refractivity contribution >= 4 is 11.1 Å². The highest BCUT2D eigenvalue weighted by Gasteiger charge is 2.27. The van der Waals surface area contributed by atoms with Gasteiger partial charge in [-0.05, 0) is 30.1 Å². The summed E-state index contributed by atoms with van der Waals surface area (Å²) in [6, 6.07) is 1.59. The molecule has 2 bridgehead atoms. The van der Waals surface area contributed by atoms with Crippen molar-refractivity contribution in [1.29, 1.82) is 0 Å². The SMILES string of the molecule is Cc1oc(=O)cc2c1C1=CC=C2C1. The Morgan fingerprint density at radius 2 is 2.08 bits per heavy atom. The smallest absolute Gasteiger partial charge is 0.336 e. The van der Waals surface area contributed by atoms with Crippen LogP contribution in [-0.2, 0) is 0 Å². The van der Waals surface area contributed by atoms with Gasteiger partial charge in [-0.2, -0.15) is 0 Å². The van der Waals surface area contributed by atoms with E-state index in [1.807, 2.05) is 6.92 Å². The monoisotopic (exact) mass is 172 g/mol. The van der Waals surface area contributed by atoms with Gasteiger partial charge in [-0.3, -0.25) is 0 Å². The Kier molecular flexibility index (Phi) is 1.07. The summed E-state index contributed by atoms with van der Waals surface area (Å²) in [4.78, 5) is 11.1. The molecule has 2 aliphatic rings. The van der Waals surface area contributed by atoms with Crippen LogP contribution in [0.2, 0.25) is 0 Å². The third-order valence-electron chi connectivity index (χ3n) is 2.67. The first kappa shape index (κ1) is 6.89. The van der Waals surface area contributed by atoms with E-state index in [0.717, 1.165) is 23.3 Å². The van der Waals surface area contributed by atoms with Crippen LogP contribution in [0.5, 0.6) is 0 Å². The van der Waals surface area contributed by atoms with E-state index in [1.54, 1.807) is 6.07 Å². The summed E-state index contributed by atoms with van der Waals surface area (Å²) < 4.78 is 5.05. The van der Waals surface area contributed by atoms with E-state index in [0.29, 0.717) is 0 Å². The fraction of sp³-hybridized carbons (Fsp3) is 0.182. The van der Waals surface area contributed by atoms with Crippen molar-refractivity contribution in [3.05, 3.63) is 45.5 Å². The largest absolute Gasteiger partial charge is 0.428 e. The number of rotatable bonds is 0. The summed E-state index contributed by atoms with van der Waals surface area (Å²) in [5.41, 5.74) is 4.50. The van der Waals surface area contributed by atoms with E-state index in [2.05, 4.69) is 12.2 Å². The van der Waals surface area contributed by atoms with Crippen molar-refractivity contribution in [2.75, 3.05) is 0 Å². The molecular weight excluding hydrogens is 164 g/mol. The molecule has 2 nitrogen and oxygen atoms in total. The molecule has 0 fully saturated rings. The van der Waals surface area contributed by atoms with Crippen LogP contribution >= 0.6 is 0 Å². The minimum atomic E-state index is -0.245. The summed E-state index contributed by atoms with van der Waals surface area (Å²) in [6.45, 7) is 1.85. The summed E-state index contributed by atoms with van der Waals surface area (Å²) in [6.07, 6.45) is 5.15. The van der Waals surface area contributed by atoms with Gasteiger partial charge in [0.15, 0.2) is 0 Å². The number of fused-ring (bicyclic) bond motifs is 5. The summed E-state index contributed by atoms with van der Waals surface area (Å²) in [5, 5.41) is 0. The van der Waals surface area contributed by atoms with Gasteiger partial charge in [0.25, 0.3) is 0 Å². The Hall–Kier alpha value is -1.57. The number of hydrogen-bond acceptors (Lipinski definition) is 2. The second-order valence-electron chi connectivity index (χ2n) is 3.47. The van der Waals surface area contributed by atoms with Gasteiger partial charge in [0.2, 0.25) is 0 Å². The average Bonchev–Trinajstić information content (AvgIpc) is 2.62. The molecule has 2 heteroatoms. The molecule has 0 saturated heterocycles. The maximum atomic E-state index is 11.1. The molecule has 0 unspecified atom stereocenters. The predicted octanol–water partition coefficient (Wildman–Crippen LogP) is 2.13. The molecular formula is C11H8O2. The molecule has 0 aliphatic heterocycles. The Morgan fingerprint density at radius 3 is 2.92 bits per heavy atom. The Morgan fingerprint density at radius 1 is 1.31 bits per heavy atom. The van der Waals surface area contributed by atoms with Crippen molar-refractivity contribution in [1.82, 2.24) is 0 Å². The van der Waals surface area contributed by atoms with E-state index in [4.69, 9.17) is 4.42 Å². The molecule has 0 aromatic carbocycles. The van der Waals surface area contributed by atoms with Crippen LogP contribution in [0.15, 0.2) is 27.4 Å². The zero-order chi connectivity index (χ0) is 9.00. The zero-order valence-corrected chi connectivity index (χ0v) is 7.26. The molecule has 3 rings (SSSR count). The Balaban J connectivity index is 2.46. The molecule has 13 heavy (non-hydrogen) atoms. The first-order valence-electron chi connectivity index (χ1n) is 4.31. The molecule has 0 amide bonds. The number of allylic oxidation sites excluding steroid dienone is 4. The lowest BCUT2D eigenvalue weighted by molar-refractivity contribution is 0.478. The Bertz CT molecular complexity index is 515. The molecule has 0 radical (unpaired) electrons. The van der Waals surface area contributed by atoms with E-state index in [9.17, 15) is 4.79 Å². The van der Waals surface area contributed by atoms with Crippen molar-refractivity contribution in [3.63, 3.8) is 0 Å². The molecule has 64 valence electrons. The van der Waals surface area contributed by atoms with Gasteiger partial charge in [0.1, 0.15) is 5.76 Å². The van der Waals surface area contributed by atoms with Gasteiger partial charge in [-0.15, -0.1) is 0 Å². The highest BCUT2D eigenvalue weighted by Crippen LogP contribution is 2.45. The van der Waals surface area contributed by atoms with Crippen LogP contribution in [0.4, 0.5) is 0 Å². The van der Waals surface area contributed by atoms with Gasteiger partial charge >= 0.3 is 5.63 Å². The van der Waals surface area contributed by atoms with Crippen LogP contribution in [0, 0.1) is 6.92 Å². The minimum Gasteiger partial charge on any atom is -0.428 e. The zero-order valence-electron chi connectivity index (χ0n) is 7.26. The van der Waals surface area contributed by atoms with E-state index in [-0.39, 0.29) is 5.63 Å². The second kappa shape index (κ2) is 2.02. The molecule has 0 atom stereocenters. The molecule has 0 N–H and O–H groups in total. The minimum absolute atomic E-state index is 0.245. The fourth-order valence-electron chi connectivity index (χ4n) is 2.14. The molecule has 0 saturated carbocycles. The van der Waals surface area contributed by atoms with Crippen LogP contribution in [0.3, 0.4) is 0 Å². The topological polar surface area (TPSA) is 30.2 Å². The summed E-state index contributed by atoms with van der Waals surface area (Å²) in [5.74, 6) is 0.747. The van der Waals surface area contributed by atoms with Gasteiger partial charge in [-0.1, -0.05) is 12.2 Å². The molecule has 1 aromatic rings. The van der Waals surface area contributed by atoms with Gasteiger partial charge in [0.05, 0.1) is 0 Å². The van der Waals surface area contributed by atoms with Crippen molar-refractivity contribution < 1.29 is 4.42 Å². The van der Waals surface area contributed by atoms with Crippen molar-refractivity contribution in [3.8, 4) is 0 Å². The van der Waals surface area contributed by atoms with Gasteiger partial charge in [0, 0.05) is 11.6 Å². The average molecular weight is 172 g/mol. The van der Waals surface area contributed by atoms with Crippen molar-refractivity contribution in [2.45, 2.75) is 13.3 Å². The van der Waals surface area contributed by atoms with Gasteiger partial charge < -0.3 is 4.42 Å². The quantitative estimate of drug-likeness (QED) is 0.600. The predicted molar refractivity (Wildman–Crippen MR) is 50.3 cm³/mol. The maximum Gasteiger partial charge on any atom is 0.336 e. The third kappa shape index (κ3) is 0.750. The fourth-order valence-corrected chi connectivity index (χ4v) is 2.14. The van der Waals surface area contributed by atoms with E-state index >= 15 is 0 Å². The molecule has 0 spiro atoms. The van der Waals surface area contributed by atoms with E-state index in [1.165, 1.54) is 11.1 Å².